The second-order valence-electron chi connectivity index (χ2n) is 7.98. The van der Waals surface area contributed by atoms with Crippen LogP contribution in [0.5, 0.6) is 0 Å². The molecule has 2 aromatic carbocycles. The quantitative estimate of drug-likeness (QED) is 0.786. The number of hydrogen-bond acceptors (Lipinski definition) is 4. The Labute approximate surface area is 173 Å². The summed E-state index contributed by atoms with van der Waals surface area (Å²) in [5.41, 5.74) is 2.64. The maximum atomic E-state index is 12.3. The van der Waals surface area contributed by atoms with Crippen molar-refractivity contribution in [1.82, 2.24) is 15.1 Å². The van der Waals surface area contributed by atoms with E-state index in [0.717, 1.165) is 45.6 Å². The van der Waals surface area contributed by atoms with Crippen LogP contribution in [-0.4, -0.2) is 67.7 Å². The van der Waals surface area contributed by atoms with Crippen molar-refractivity contribution in [1.29, 1.82) is 0 Å². The van der Waals surface area contributed by atoms with Gasteiger partial charge < -0.3 is 10.1 Å². The van der Waals surface area contributed by atoms with Crippen molar-refractivity contribution in [2.75, 3.05) is 45.9 Å². The van der Waals surface area contributed by atoms with Gasteiger partial charge in [0.15, 0.2) is 0 Å². The van der Waals surface area contributed by atoms with Gasteiger partial charge in [0.2, 0.25) is 5.91 Å². The molecule has 0 aliphatic carbocycles. The fraction of sp³-hybridized carbons (Fsp3) is 0.458. The van der Waals surface area contributed by atoms with Crippen molar-refractivity contribution in [3.8, 4) is 0 Å². The fourth-order valence-electron chi connectivity index (χ4n) is 4.36. The summed E-state index contributed by atoms with van der Waals surface area (Å²) in [5.74, 6) is 0.108. The summed E-state index contributed by atoms with van der Waals surface area (Å²) in [5, 5.41) is 3.04. The molecule has 2 fully saturated rings. The fourth-order valence-corrected chi connectivity index (χ4v) is 4.36. The number of benzene rings is 2. The number of carbonyl (C=O) groups is 1. The minimum atomic E-state index is 0.108. The van der Waals surface area contributed by atoms with Crippen LogP contribution in [0.3, 0.4) is 0 Å². The molecule has 2 heterocycles. The molecule has 2 saturated heterocycles. The Balaban J connectivity index is 1.32. The second kappa shape index (κ2) is 10.0. The Morgan fingerprint density at radius 2 is 1.59 bits per heavy atom. The van der Waals surface area contributed by atoms with Crippen LogP contribution in [0.2, 0.25) is 0 Å². The van der Waals surface area contributed by atoms with Gasteiger partial charge in [-0.3, -0.25) is 14.6 Å². The largest absolute Gasteiger partial charge is 0.376 e. The summed E-state index contributed by atoms with van der Waals surface area (Å²) >= 11 is 0. The standard InChI is InChI=1S/C24H31N3O2/c28-23(25-18-22-12-7-17-29-22)19-26-13-15-27(16-14-26)24(20-8-3-1-4-9-20)21-10-5-2-6-11-21/h1-6,8-11,22,24H,7,12-19H2,(H,25,28)/t22-/m0/s1. The lowest BCUT2D eigenvalue weighted by molar-refractivity contribution is -0.123. The molecule has 154 valence electrons. The van der Waals surface area contributed by atoms with Crippen LogP contribution in [-0.2, 0) is 9.53 Å². The molecule has 1 N–H and O–H groups in total. The molecule has 0 radical (unpaired) electrons. The lowest BCUT2D eigenvalue weighted by Gasteiger charge is -2.39. The highest BCUT2D eigenvalue weighted by molar-refractivity contribution is 5.78. The summed E-state index contributed by atoms with van der Waals surface area (Å²) in [6.45, 7) is 5.66. The highest BCUT2D eigenvalue weighted by atomic mass is 16.5. The maximum absolute atomic E-state index is 12.3. The molecule has 5 nitrogen and oxygen atoms in total. The Bertz CT molecular complexity index is 715. The average molecular weight is 394 g/mol. The minimum absolute atomic E-state index is 0.108. The van der Waals surface area contributed by atoms with Gasteiger partial charge >= 0.3 is 0 Å². The molecular weight excluding hydrogens is 362 g/mol. The van der Waals surface area contributed by atoms with E-state index in [9.17, 15) is 4.79 Å². The van der Waals surface area contributed by atoms with E-state index in [1.165, 1.54) is 11.1 Å². The van der Waals surface area contributed by atoms with Crippen molar-refractivity contribution in [3.05, 3.63) is 71.8 Å². The Hall–Kier alpha value is -2.21. The number of ether oxygens (including phenoxy) is 1. The normalized spacial score (nSPS) is 20.8. The molecule has 29 heavy (non-hydrogen) atoms. The van der Waals surface area contributed by atoms with Crippen molar-refractivity contribution in [2.24, 2.45) is 0 Å². The van der Waals surface area contributed by atoms with E-state index >= 15 is 0 Å². The van der Waals surface area contributed by atoms with E-state index in [-0.39, 0.29) is 18.1 Å². The number of carbonyl (C=O) groups excluding carboxylic acids is 1. The molecule has 0 unspecified atom stereocenters. The van der Waals surface area contributed by atoms with Gasteiger partial charge in [0, 0.05) is 39.3 Å². The Morgan fingerprint density at radius 1 is 0.966 bits per heavy atom. The lowest BCUT2D eigenvalue weighted by Crippen LogP contribution is -2.50. The van der Waals surface area contributed by atoms with E-state index < -0.39 is 0 Å². The van der Waals surface area contributed by atoms with Crippen LogP contribution in [0.15, 0.2) is 60.7 Å². The SMILES string of the molecule is O=C(CN1CCN(C(c2ccccc2)c2ccccc2)CC1)NC[C@@H]1CCCO1. The van der Waals surface area contributed by atoms with Crippen LogP contribution in [0.4, 0.5) is 0 Å². The molecule has 2 aromatic rings. The van der Waals surface area contributed by atoms with Gasteiger partial charge in [0.05, 0.1) is 18.7 Å². The lowest BCUT2D eigenvalue weighted by atomic mass is 9.96. The number of rotatable bonds is 7. The molecule has 0 aromatic heterocycles. The van der Waals surface area contributed by atoms with E-state index in [1.807, 2.05) is 0 Å². The molecular formula is C24H31N3O2. The molecule has 0 saturated carbocycles. The third-order valence-electron chi connectivity index (χ3n) is 5.92. The molecule has 0 bridgehead atoms. The zero-order chi connectivity index (χ0) is 19.9. The van der Waals surface area contributed by atoms with Crippen molar-refractivity contribution in [2.45, 2.75) is 25.0 Å². The van der Waals surface area contributed by atoms with E-state index in [0.29, 0.717) is 13.1 Å². The summed E-state index contributed by atoms with van der Waals surface area (Å²) in [4.78, 5) is 17.1. The van der Waals surface area contributed by atoms with Gasteiger partial charge in [0.25, 0.3) is 0 Å². The summed E-state index contributed by atoms with van der Waals surface area (Å²) < 4.78 is 5.58. The predicted octanol–water partition coefficient (Wildman–Crippen LogP) is 2.69. The van der Waals surface area contributed by atoms with Gasteiger partial charge in [-0.15, -0.1) is 0 Å². The summed E-state index contributed by atoms with van der Waals surface area (Å²) in [6, 6.07) is 21.7. The first-order valence-corrected chi connectivity index (χ1v) is 10.7. The monoisotopic (exact) mass is 393 g/mol. The van der Waals surface area contributed by atoms with Crippen LogP contribution in [0, 0.1) is 0 Å². The van der Waals surface area contributed by atoms with Crippen LogP contribution in [0.25, 0.3) is 0 Å². The Kier molecular flexibility index (Phi) is 6.93. The van der Waals surface area contributed by atoms with E-state index in [1.54, 1.807) is 0 Å². The van der Waals surface area contributed by atoms with Gasteiger partial charge in [-0.25, -0.2) is 0 Å². The second-order valence-corrected chi connectivity index (χ2v) is 7.98. The van der Waals surface area contributed by atoms with Gasteiger partial charge in [0.1, 0.15) is 0 Å². The van der Waals surface area contributed by atoms with Crippen molar-refractivity contribution < 1.29 is 9.53 Å². The summed E-state index contributed by atoms with van der Waals surface area (Å²) in [7, 11) is 0. The van der Waals surface area contributed by atoms with Gasteiger partial charge in [-0.2, -0.15) is 0 Å². The molecule has 2 aliphatic rings. The van der Waals surface area contributed by atoms with Crippen LogP contribution in [0.1, 0.15) is 30.0 Å². The first-order chi connectivity index (χ1) is 14.3. The van der Waals surface area contributed by atoms with Crippen molar-refractivity contribution in [3.63, 3.8) is 0 Å². The highest BCUT2D eigenvalue weighted by Crippen LogP contribution is 2.29. The third-order valence-corrected chi connectivity index (χ3v) is 5.92. The zero-order valence-corrected chi connectivity index (χ0v) is 17.0. The Morgan fingerprint density at radius 3 is 2.14 bits per heavy atom. The van der Waals surface area contributed by atoms with Gasteiger partial charge in [-0.1, -0.05) is 60.7 Å². The smallest absolute Gasteiger partial charge is 0.234 e. The van der Waals surface area contributed by atoms with E-state index in [4.69, 9.17) is 4.74 Å². The number of amides is 1. The number of nitrogens with one attached hydrogen (secondary N) is 1. The number of hydrogen-bond donors (Lipinski definition) is 1. The molecule has 4 rings (SSSR count). The maximum Gasteiger partial charge on any atom is 0.234 e. The summed E-state index contributed by atoms with van der Waals surface area (Å²) in [6.07, 6.45) is 2.36. The average Bonchev–Trinajstić information content (AvgIpc) is 3.29. The van der Waals surface area contributed by atoms with Crippen LogP contribution >= 0.6 is 0 Å². The first-order valence-electron chi connectivity index (χ1n) is 10.7. The molecule has 1 amide bonds. The minimum Gasteiger partial charge on any atom is -0.376 e. The van der Waals surface area contributed by atoms with Crippen molar-refractivity contribution >= 4 is 5.91 Å². The predicted molar refractivity (Wildman–Crippen MR) is 115 cm³/mol. The van der Waals surface area contributed by atoms with E-state index in [2.05, 4.69) is 75.8 Å². The highest BCUT2D eigenvalue weighted by Gasteiger charge is 2.27. The van der Waals surface area contributed by atoms with Crippen LogP contribution < -0.4 is 5.32 Å². The zero-order valence-electron chi connectivity index (χ0n) is 17.0. The first kappa shape index (κ1) is 20.1. The topological polar surface area (TPSA) is 44.8 Å². The molecule has 0 spiro atoms. The third kappa shape index (κ3) is 5.44. The molecule has 2 aliphatic heterocycles. The molecule has 1 atom stereocenters. The number of nitrogens with zero attached hydrogens (tertiary/aromatic N) is 2. The van der Waals surface area contributed by atoms with Gasteiger partial charge in [-0.05, 0) is 24.0 Å². The molecule has 5 heteroatoms. The number of piperazine rings is 1.